The highest BCUT2D eigenvalue weighted by Crippen LogP contribution is 2.29. The van der Waals surface area contributed by atoms with Crippen LogP contribution in [0, 0.1) is 0 Å². The highest BCUT2D eigenvalue weighted by atomic mass is 35.5. The first-order valence-corrected chi connectivity index (χ1v) is 7.40. The Morgan fingerprint density at radius 1 is 1.52 bits per heavy atom. The van der Waals surface area contributed by atoms with Crippen molar-refractivity contribution in [3.05, 3.63) is 23.2 Å². The van der Waals surface area contributed by atoms with Crippen LogP contribution in [0.1, 0.15) is 13.0 Å². The van der Waals surface area contributed by atoms with Gasteiger partial charge < -0.3 is 14.4 Å². The van der Waals surface area contributed by atoms with Gasteiger partial charge in [0, 0.05) is 5.02 Å². The van der Waals surface area contributed by atoms with Crippen LogP contribution in [0.4, 0.5) is 0 Å². The third-order valence-corrected chi connectivity index (χ3v) is 4.05. The molecule has 1 N–H and O–H groups in total. The highest BCUT2D eigenvalue weighted by Gasteiger charge is 2.23. The van der Waals surface area contributed by atoms with E-state index in [4.69, 9.17) is 21.4 Å². The molecule has 0 fully saturated rings. The van der Waals surface area contributed by atoms with Crippen molar-refractivity contribution in [1.82, 2.24) is 9.55 Å². The monoisotopic (exact) mass is 328 g/mol. The molecule has 0 aliphatic heterocycles. The Hall–Kier alpha value is -1.73. The van der Waals surface area contributed by atoms with Crippen molar-refractivity contribution in [2.75, 3.05) is 12.9 Å². The van der Waals surface area contributed by atoms with Gasteiger partial charge in [0.25, 0.3) is 0 Å². The molecule has 0 bridgehead atoms. The van der Waals surface area contributed by atoms with E-state index in [1.807, 2.05) is 0 Å². The molecule has 2 aromatic rings. The van der Waals surface area contributed by atoms with Crippen LogP contribution >= 0.6 is 23.4 Å². The predicted molar refractivity (Wildman–Crippen MR) is 79.8 cm³/mol. The zero-order chi connectivity index (χ0) is 15.6. The van der Waals surface area contributed by atoms with E-state index >= 15 is 0 Å². The van der Waals surface area contributed by atoms with Crippen LogP contribution in [0.3, 0.4) is 0 Å². The summed E-state index contributed by atoms with van der Waals surface area (Å²) in [6.45, 7) is 1.67. The number of carbonyl (C=O) groups is 2. The normalized spacial score (nSPS) is 12.3. The van der Waals surface area contributed by atoms with Crippen LogP contribution in [-0.2, 0) is 14.3 Å². The van der Waals surface area contributed by atoms with Crippen molar-refractivity contribution in [2.24, 2.45) is 0 Å². The smallest absolute Gasteiger partial charge is 0.328 e. The second-order valence-electron chi connectivity index (χ2n) is 4.28. The Morgan fingerprint density at radius 2 is 2.24 bits per heavy atom. The SMILES string of the molecule is COC(=O)C(C)n1c(SCC(=O)O)nc2cc(Cl)ccc21. The van der Waals surface area contributed by atoms with Gasteiger partial charge in [-0.2, -0.15) is 0 Å². The molecular weight excluding hydrogens is 316 g/mol. The molecule has 6 nitrogen and oxygen atoms in total. The lowest BCUT2D eigenvalue weighted by Gasteiger charge is -2.14. The maximum Gasteiger partial charge on any atom is 0.328 e. The maximum absolute atomic E-state index is 11.8. The van der Waals surface area contributed by atoms with E-state index in [1.165, 1.54) is 7.11 Å². The number of halogens is 1. The largest absolute Gasteiger partial charge is 0.481 e. The van der Waals surface area contributed by atoms with Crippen LogP contribution in [0.15, 0.2) is 23.4 Å². The number of fused-ring (bicyclic) bond motifs is 1. The molecular formula is C13H13ClN2O4S. The molecule has 0 aliphatic rings. The van der Waals surface area contributed by atoms with Crippen molar-refractivity contribution < 1.29 is 19.4 Å². The fourth-order valence-electron chi connectivity index (χ4n) is 1.93. The zero-order valence-electron chi connectivity index (χ0n) is 11.4. The molecule has 1 unspecified atom stereocenters. The third kappa shape index (κ3) is 3.30. The molecule has 1 heterocycles. The van der Waals surface area contributed by atoms with Crippen molar-refractivity contribution >= 4 is 46.3 Å². The fraction of sp³-hybridized carbons (Fsp3) is 0.308. The first kappa shape index (κ1) is 15.7. The van der Waals surface area contributed by atoms with E-state index in [-0.39, 0.29) is 5.75 Å². The Kier molecular flexibility index (Phi) is 4.74. The minimum Gasteiger partial charge on any atom is -0.481 e. The van der Waals surface area contributed by atoms with E-state index in [1.54, 1.807) is 29.7 Å². The number of imidazole rings is 1. The summed E-state index contributed by atoms with van der Waals surface area (Å²) in [7, 11) is 1.30. The fourth-order valence-corrected chi connectivity index (χ4v) is 2.91. The third-order valence-electron chi connectivity index (χ3n) is 2.87. The maximum atomic E-state index is 11.8. The molecule has 112 valence electrons. The molecule has 0 saturated heterocycles. The molecule has 0 spiro atoms. The van der Waals surface area contributed by atoms with E-state index in [0.717, 1.165) is 11.8 Å². The van der Waals surface area contributed by atoms with Gasteiger partial charge in [0.05, 0.1) is 23.9 Å². The number of carboxylic acids is 1. The first-order valence-electron chi connectivity index (χ1n) is 6.04. The second kappa shape index (κ2) is 6.36. The quantitative estimate of drug-likeness (QED) is 0.671. The molecule has 1 aromatic heterocycles. The minimum absolute atomic E-state index is 0.148. The van der Waals surface area contributed by atoms with E-state index in [2.05, 4.69) is 4.98 Å². The lowest BCUT2D eigenvalue weighted by atomic mass is 10.3. The van der Waals surface area contributed by atoms with Crippen molar-refractivity contribution in [3.63, 3.8) is 0 Å². The summed E-state index contributed by atoms with van der Waals surface area (Å²) in [5.74, 6) is -1.53. The van der Waals surface area contributed by atoms with Gasteiger partial charge >= 0.3 is 11.9 Å². The Morgan fingerprint density at radius 3 is 2.86 bits per heavy atom. The molecule has 2 rings (SSSR count). The first-order chi connectivity index (χ1) is 9.93. The van der Waals surface area contributed by atoms with Gasteiger partial charge in [0.1, 0.15) is 6.04 Å². The molecule has 0 saturated carbocycles. The molecule has 1 aromatic carbocycles. The molecule has 0 radical (unpaired) electrons. The Balaban J connectivity index is 2.54. The van der Waals surface area contributed by atoms with Gasteiger partial charge in [0.15, 0.2) is 5.16 Å². The molecule has 8 heteroatoms. The number of aromatic nitrogens is 2. The number of esters is 1. The molecule has 0 aliphatic carbocycles. The van der Waals surface area contributed by atoms with Crippen molar-refractivity contribution in [1.29, 1.82) is 0 Å². The number of hydrogen-bond donors (Lipinski definition) is 1. The number of carboxylic acid groups (broad SMARTS) is 1. The predicted octanol–water partition coefficient (Wildman–Crippen LogP) is 2.60. The number of carbonyl (C=O) groups excluding carboxylic acids is 1. The van der Waals surface area contributed by atoms with Gasteiger partial charge in [-0.25, -0.2) is 9.78 Å². The topological polar surface area (TPSA) is 81.4 Å². The summed E-state index contributed by atoms with van der Waals surface area (Å²) >= 11 is 6.98. The van der Waals surface area contributed by atoms with Gasteiger partial charge in [0.2, 0.25) is 0 Å². The minimum atomic E-state index is -0.956. The number of thioether (sulfide) groups is 1. The van der Waals surface area contributed by atoms with Crippen LogP contribution in [-0.4, -0.2) is 39.5 Å². The average molecular weight is 329 g/mol. The van der Waals surface area contributed by atoms with Crippen molar-refractivity contribution in [2.45, 2.75) is 18.1 Å². The highest BCUT2D eigenvalue weighted by molar-refractivity contribution is 7.99. The number of rotatable bonds is 5. The van der Waals surface area contributed by atoms with Crippen molar-refractivity contribution in [3.8, 4) is 0 Å². The summed E-state index contributed by atoms with van der Waals surface area (Å²) in [5, 5.41) is 9.77. The second-order valence-corrected chi connectivity index (χ2v) is 5.66. The van der Waals surface area contributed by atoms with Gasteiger partial charge in [-0.3, -0.25) is 4.79 Å². The summed E-state index contributed by atoms with van der Waals surface area (Å²) in [6.07, 6.45) is 0. The van der Waals surface area contributed by atoms with Gasteiger partial charge in [-0.05, 0) is 25.1 Å². The van der Waals surface area contributed by atoms with E-state index in [0.29, 0.717) is 21.2 Å². The van der Waals surface area contributed by atoms with Gasteiger partial charge in [-0.15, -0.1) is 0 Å². The Labute approximate surface area is 130 Å². The average Bonchev–Trinajstić information content (AvgIpc) is 2.80. The lowest BCUT2D eigenvalue weighted by molar-refractivity contribution is -0.144. The number of benzene rings is 1. The van der Waals surface area contributed by atoms with Crippen LogP contribution < -0.4 is 0 Å². The van der Waals surface area contributed by atoms with Crippen LogP contribution in [0.25, 0.3) is 11.0 Å². The lowest BCUT2D eigenvalue weighted by Crippen LogP contribution is -2.18. The summed E-state index contributed by atoms with van der Waals surface area (Å²) < 4.78 is 6.41. The number of aliphatic carboxylic acids is 1. The van der Waals surface area contributed by atoms with Crippen LogP contribution in [0.2, 0.25) is 5.02 Å². The summed E-state index contributed by atoms with van der Waals surface area (Å²) in [5.41, 5.74) is 1.30. The Bertz CT molecular complexity index is 701. The standard InChI is InChI=1S/C13H13ClN2O4S/c1-7(12(19)20-2)16-10-4-3-8(14)5-9(10)15-13(16)21-6-11(17)18/h3-5,7H,6H2,1-2H3,(H,17,18). The number of methoxy groups -OCH3 is 1. The van der Waals surface area contributed by atoms with E-state index < -0.39 is 18.0 Å². The molecule has 21 heavy (non-hydrogen) atoms. The van der Waals surface area contributed by atoms with Crippen LogP contribution in [0.5, 0.6) is 0 Å². The summed E-state index contributed by atoms with van der Waals surface area (Å²) in [4.78, 5) is 26.9. The molecule has 0 amide bonds. The number of ether oxygens (including phenoxy) is 1. The zero-order valence-corrected chi connectivity index (χ0v) is 12.9. The number of hydrogen-bond acceptors (Lipinski definition) is 5. The number of nitrogens with zero attached hydrogens (tertiary/aromatic N) is 2. The molecule has 1 atom stereocenters. The van der Waals surface area contributed by atoms with E-state index in [9.17, 15) is 9.59 Å². The summed E-state index contributed by atoms with van der Waals surface area (Å²) in [6, 6.07) is 4.49. The van der Waals surface area contributed by atoms with Gasteiger partial charge in [-0.1, -0.05) is 23.4 Å².